The standard InChI is InChI=1S/C18H17ClN4O2/c1-25-15-8-6-14(7-9-15)20-18(24)11-17-21-16(22-23-17)10-12-2-4-13(19)5-3-12/h2-9H,10-11H2,1H3,(H,20,24)(H,21,22,23). The smallest absolute Gasteiger partial charge is 0.232 e. The number of amides is 1. The minimum atomic E-state index is -0.179. The van der Waals surface area contributed by atoms with E-state index in [4.69, 9.17) is 16.3 Å². The maximum absolute atomic E-state index is 12.1. The molecule has 128 valence electrons. The van der Waals surface area contributed by atoms with Gasteiger partial charge in [-0.25, -0.2) is 4.98 Å². The van der Waals surface area contributed by atoms with Gasteiger partial charge >= 0.3 is 0 Å². The average molecular weight is 357 g/mol. The Balaban J connectivity index is 1.56. The molecule has 25 heavy (non-hydrogen) atoms. The van der Waals surface area contributed by atoms with E-state index < -0.39 is 0 Å². The van der Waals surface area contributed by atoms with Crippen LogP contribution in [-0.2, 0) is 17.6 Å². The Bertz CT molecular complexity index is 844. The number of ether oxygens (including phenoxy) is 1. The lowest BCUT2D eigenvalue weighted by Gasteiger charge is -2.04. The molecule has 7 heteroatoms. The van der Waals surface area contributed by atoms with Gasteiger partial charge in [-0.1, -0.05) is 23.7 Å². The van der Waals surface area contributed by atoms with E-state index in [1.165, 1.54) is 0 Å². The zero-order chi connectivity index (χ0) is 17.6. The molecular formula is C18H17ClN4O2. The van der Waals surface area contributed by atoms with Crippen molar-refractivity contribution in [1.82, 2.24) is 15.2 Å². The van der Waals surface area contributed by atoms with E-state index in [1.54, 1.807) is 31.4 Å². The maximum atomic E-state index is 12.1. The second kappa shape index (κ2) is 7.81. The van der Waals surface area contributed by atoms with E-state index in [-0.39, 0.29) is 12.3 Å². The lowest BCUT2D eigenvalue weighted by Crippen LogP contribution is -2.15. The van der Waals surface area contributed by atoms with Gasteiger partial charge in [0.05, 0.1) is 13.5 Å². The monoisotopic (exact) mass is 356 g/mol. The summed E-state index contributed by atoms with van der Waals surface area (Å²) in [4.78, 5) is 16.4. The third-order valence-corrected chi connectivity index (χ3v) is 3.81. The Morgan fingerprint density at radius 3 is 2.56 bits per heavy atom. The van der Waals surface area contributed by atoms with Crippen LogP contribution in [0.15, 0.2) is 48.5 Å². The minimum absolute atomic E-state index is 0.100. The van der Waals surface area contributed by atoms with Gasteiger partial charge in [0.25, 0.3) is 0 Å². The molecule has 1 amide bonds. The van der Waals surface area contributed by atoms with E-state index in [0.717, 1.165) is 11.3 Å². The molecule has 0 saturated heterocycles. The molecule has 0 saturated carbocycles. The van der Waals surface area contributed by atoms with E-state index >= 15 is 0 Å². The van der Waals surface area contributed by atoms with E-state index in [2.05, 4.69) is 20.5 Å². The summed E-state index contributed by atoms with van der Waals surface area (Å²) in [5.74, 6) is 1.71. The Morgan fingerprint density at radius 1 is 1.16 bits per heavy atom. The fraction of sp³-hybridized carbons (Fsp3) is 0.167. The quantitative estimate of drug-likeness (QED) is 0.710. The van der Waals surface area contributed by atoms with E-state index in [9.17, 15) is 4.79 Å². The number of H-pyrrole nitrogens is 1. The number of nitrogens with zero attached hydrogens (tertiary/aromatic N) is 2. The highest BCUT2D eigenvalue weighted by Gasteiger charge is 2.10. The van der Waals surface area contributed by atoms with Crippen molar-refractivity contribution < 1.29 is 9.53 Å². The van der Waals surface area contributed by atoms with Crippen molar-refractivity contribution in [1.29, 1.82) is 0 Å². The Hall–Kier alpha value is -2.86. The first-order chi connectivity index (χ1) is 12.1. The van der Waals surface area contributed by atoms with Crippen LogP contribution < -0.4 is 10.1 Å². The molecule has 3 rings (SSSR count). The zero-order valence-corrected chi connectivity index (χ0v) is 14.4. The lowest BCUT2D eigenvalue weighted by molar-refractivity contribution is -0.115. The van der Waals surface area contributed by atoms with Crippen LogP contribution in [0.4, 0.5) is 5.69 Å². The minimum Gasteiger partial charge on any atom is -0.497 e. The van der Waals surface area contributed by atoms with Crippen molar-refractivity contribution in [2.45, 2.75) is 12.8 Å². The highest BCUT2D eigenvalue weighted by molar-refractivity contribution is 6.30. The predicted octanol–water partition coefficient (Wildman–Crippen LogP) is 3.24. The van der Waals surface area contributed by atoms with Gasteiger partial charge in [0, 0.05) is 17.1 Å². The second-order valence-electron chi connectivity index (χ2n) is 5.46. The van der Waals surface area contributed by atoms with E-state index in [1.807, 2.05) is 24.3 Å². The van der Waals surface area contributed by atoms with Gasteiger partial charge in [0.2, 0.25) is 5.91 Å². The summed E-state index contributed by atoms with van der Waals surface area (Å²) in [6.07, 6.45) is 0.702. The fourth-order valence-corrected chi connectivity index (χ4v) is 2.44. The number of hydrogen-bond donors (Lipinski definition) is 2. The first-order valence-corrected chi connectivity index (χ1v) is 8.08. The largest absolute Gasteiger partial charge is 0.497 e. The number of hydrogen-bond acceptors (Lipinski definition) is 4. The van der Waals surface area contributed by atoms with Crippen LogP contribution in [0.1, 0.15) is 17.2 Å². The summed E-state index contributed by atoms with van der Waals surface area (Å²) < 4.78 is 5.08. The zero-order valence-electron chi connectivity index (χ0n) is 13.6. The highest BCUT2D eigenvalue weighted by atomic mass is 35.5. The van der Waals surface area contributed by atoms with Crippen molar-refractivity contribution in [2.75, 3.05) is 12.4 Å². The van der Waals surface area contributed by atoms with Crippen molar-refractivity contribution in [3.05, 3.63) is 70.8 Å². The van der Waals surface area contributed by atoms with Crippen LogP contribution in [-0.4, -0.2) is 28.2 Å². The summed E-state index contributed by atoms with van der Waals surface area (Å²) in [6.45, 7) is 0. The van der Waals surface area contributed by atoms with Gasteiger partial charge in [0.15, 0.2) is 5.82 Å². The Labute approximate surface area is 150 Å². The van der Waals surface area contributed by atoms with Gasteiger partial charge in [-0.15, -0.1) is 0 Å². The summed E-state index contributed by atoms with van der Waals surface area (Å²) in [7, 11) is 1.60. The average Bonchev–Trinajstić information content (AvgIpc) is 3.04. The number of aromatic nitrogens is 3. The molecule has 0 fully saturated rings. The van der Waals surface area contributed by atoms with Crippen LogP contribution in [0.5, 0.6) is 5.75 Å². The molecule has 0 aliphatic carbocycles. The molecule has 3 aromatic rings. The number of nitrogens with one attached hydrogen (secondary N) is 2. The molecule has 2 aromatic carbocycles. The predicted molar refractivity (Wildman–Crippen MR) is 96.0 cm³/mol. The van der Waals surface area contributed by atoms with Crippen molar-refractivity contribution >= 4 is 23.2 Å². The third-order valence-electron chi connectivity index (χ3n) is 3.56. The summed E-state index contributed by atoms with van der Waals surface area (Å²) in [5, 5.41) is 10.5. The van der Waals surface area contributed by atoms with Gasteiger partial charge in [-0.3, -0.25) is 9.89 Å². The third kappa shape index (κ3) is 4.81. The van der Waals surface area contributed by atoms with Crippen LogP contribution in [0.25, 0.3) is 0 Å². The normalized spacial score (nSPS) is 10.5. The topological polar surface area (TPSA) is 79.9 Å². The molecule has 0 unspecified atom stereocenters. The number of rotatable bonds is 6. The molecule has 1 aromatic heterocycles. The molecule has 0 bridgehead atoms. The molecular weight excluding hydrogens is 340 g/mol. The number of carbonyl (C=O) groups is 1. The van der Waals surface area contributed by atoms with Crippen LogP contribution in [0.3, 0.4) is 0 Å². The number of methoxy groups -OCH3 is 1. The molecule has 2 N–H and O–H groups in total. The first-order valence-electron chi connectivity index (χ1n) is 7.71. The summed E-state index contributed by atoms with van der Waals surface area (Å²) >= 11 is 5.87. The molecule has 0 aliphatic heterocycles. The maximum Gasteiger partial charge on any atom is 0.232 e. The van der Waals surface area contributed by atoms with Crippen LogP contribution in [0.2, 0.25) is 5.02 Å². The second-order valence-corrected chi connectivity index (χ2v) is 5.89. The first kappa shape index (κ1) is 17.0. The number of carbonyl (C=O) groups excluding carboxylic acids is 1. The molecule has 0 atom stereocenters. The number of halogens is 1. The van der Waals surface area contributed by atoms with Gasteiger partial charge in [-0.05, 0) is 42.0 Å². The fourth-order valence-electron chi connectivity index (χ4n) is 2.31. The van der Waals surface area contributed by atoms with Crippen molar-refractivity contribution in [3.63, 3.8) is 0 Å². The van der Waals surface area contributed by atoms with Gasteiger partial charge in [0.1, 0.15) is 11.6 Å². The van der Waals surface area contributed by atoms with E-state index in [0.29, 0.717) is 28.8 Å². The van der Waals surface area contributed by atoms with Crippen molar-refractivity contribution in [2.24, 2.45) is 0 Å². The summed E-state index contributed by atoms with van der Waals surface area (Å²) in [6, 6.07) is 14.6. The number of benzene rings is 2. The Morgan fingerprint density at radius 2 is 1.88 bits per heavy atom. The van der Waals surface area contributed by atoms with Gasteiger partial charge in [-0.2, -0.15) is 5.10 Å². The Kier molecular flexibility index (Phi) is 5.30. The molecule has 0 spiro atoms. The van der Waals surface area contributed by atoms with Crippen molar-refractivity contribution in [3.8, 4) is 5.75 Å². The number of aromatic amines is 1. The molecule has 0 radical (unpaired) electrons. The molecule has 1 heterocycles. The molecule has 0 aliphatic rings. The summed E-state index contributed by atoms with van der Waals surface area (Å²) in [5.41, 5.74) is 1.76. The lowest BCUT2D eigenvalue weighted by atomic mass is 10.1. The molecule has 6 nitrogen and oxygen atoms in total. The van der Waals surface area contributed by atoms with Crippen LogP contribution >= 0.6 is 11.6 Å². The highest BCUT2D eigenvalue weighted by Crippen LogP contribution is 2.15. The van der Waals surface area contributed by atoms with Crippen LogP contribution in [0, 0.1) is 0 Å². The van der Waals surface area contributed by atoms with Gasteiger partial charge < -0.3 is 10.1 Å². The number of anilines is 1. The SMILES string of the molecule is COc1ccc(NC(=O)Cc2n[nH]c(Cc3ccc(Cl)cc3)n2)cc1.